The zero-order valence-corrected chi connectivity index (χ0v) is 7.54. The van der Waals surface area contributed by atoms with Gasteiger partial charge in [0.2, 0.25) is 0 Å². The van der Waals surface area contributed by atoms with E-state index in [4.69, 9.17) is 4.55 Å². The van der Waals surface area contributed by atoms with Crippen molar-refractivity contribution < 1.29 is 8.76 Å². The molecule has 5 heteroatoms. The van der Waals surface area contributed by atoms with Crippen LogP contribution in [0.4, 0.5) is 5.69 Å². The summed E-state index contributed by atoms with van der Waals surface area (Å²) in [4.78, 5) is 0. The van der Waals surface area contributed by atoms with Gasteiger partial charge in [0.1, 0.15) is 5.84 Å². The average molecular weight is 196 g/mol. The second kappa shape index (κ2) is 3.27. The molecule has 0 bridgehead atoms. The van der Waals surface area contributed by atoms with Gasteiger partial charge in [0.15, 0.2) is 0 Å². The normalized spacial score (nSPS) is 19.6. The van der Waals surface area contributed by atoms with Crippen LogP contribution in [0.15, 0.2) is 28.7 Å². The van der Waals surface area contributed by atoms with Gasteiger partial charge >= 0.3 is 0 Å². The Morgan fingerprint density at radius 2 is 2.23 bits per heavy atom. The molecule has 68 valence electrons. The van der Waals surface area contributed by atoms with Gasteiger partial charge in [-0.15, -0.1) is 4.40 Å². The van der Waals surface area contributed by atoms with Crippen molar-refractivity contribution in [2.45, 2.75) is 6.42 Å². The SMILES string of the molecule is O=S(O)N=C1Cc2ccccc2N1. The van der Waals surface area contributed by atoms with Crippen molar-refractivity contribution in [2.75, 3.05) is 5.32 Å². The molecule has 4 nitrogen and oxygen atoms in total. The van der Waals surface area contributed by atoms with Crippen LogP contribution in [0.3, 0.4) is 0 Å². The Balaban J connectivity index is 2.28. The summed E-state index contributed by atoms with van der Waals surface area (Å²) in [6.45, 7) is 0. The first-order valence-corrected chi connectivity index (χ1v) is 4.85. The van der Waals surface area contributed by atoms with Gasteiger partial charge in [-0.3, -0.25) is 4.55 Å². The Morgan fingerprint density at radius 1 is 1.46 bits per heavy atom. The molecule has 2 N–H and O–H groups in total. The van der Waals surface area contributed by atoms with Crippen LogP contribution < -0.4 is 5.32 Å². The molecule has 0 saturated heterocycles. The summed E-state index contributed by atoms with van der Waals surface area (Å²) in [5.41, 5.74) is 2.07. The van der Waals surface area contributed by atoms with Crippen molar-refractivity contribution >= 4 is 22.8 Å². The molecule has 13 heavy (non-hydrogen) atoms. The van der Waals surface area contributed by atoms with Gasteiger partial charge in [-0.25, -0.2) is 4.21 Å². The van der Waals surface area contributed by atoms with E-state index in [2.05, 4.69) is 9.71 Å². The number of hydrogen-bond donors (Lipinski definition) is 2. The first-order valence-electron chi connectivity index (χ1n) is 3.79. The Bertz CT molecular complexity index is 362. The van der Waals surface area contributed by atoms with Crippen molar-refractivity contribution in [1.82, 2.24) is 0 Å². The number of amidine groups is 1. The number of hydrogen-bond acceptors (Lipinski definition) is 1. The lowest BCUT2D eigenvalue weighted by Gasteiger charge is -1.95. The van der Waals surface area contributed by atoms with E-state index in [0.29, 0.717) is 12.3 Å². The summed E-state index contributed by atoms with van der Waals surface area (Å²) in [5.74, 6) is 0.544. The van der Waals surface area contributed by atoms with Gasteiger partial charge in [-0.05, 0) is 11.6 Å². The van der Waals surface area contributed by atoms with E-state index in [1.165, 1.54) is 0 Å². The molecular weight excluding hydrogens is 188 g/mol. The Kier molecular flexibility index (Phi) is 2.12. The fraction of sp³-hybridized carbons (Fsp3) is 0.125. The molecule has 1 aliphatic heterocycles. The van der Waals surface area contributed by atoms with E-state index >= 15 is 0 Å². The highest BCUT2D eigenvalue weighted by Gasteiger charge is 2.15. The van der Waals surface area contributed by atoms with E-state index in [1.807, 2.05) is 24.3 Å². The highest BCUT2D eigenvalue weighted by atomic mass is 32.2. The molecule has 0 spiro atoms. The molecule has 0 aromatic heterocycles. The van der Waals surface area contributed by atoms with Crippen LogP contribution in [-0.2, 0) is 17.7 Å². The zero-order valence-electron chi connectivity index (χ0n) is 6.73. The standard InChI is InChI=1S/C8H8N2O2S/c11-13(12)10-8-5-6-3-1-2-4-7(6)9-8/h1-4H,5H2,(H,9,10)(H,11,12). The summed E-state index contributed by atoms with van der Waals surface area (Å²) >= 11 is -2.12. The number of para-hydroxylation sites is 1. The van der Waals surface area contributed by atoms with Gasteiger partial charge < -0.3 is 5.32 Å². The monoisotopic (exact) mass is 196 g/mol. The molecule has 0 fully saturated rings. The van der Waals surface area contributed by atoms with Gasteiger partial charge in [0.25, 0.3) is 11.3 Å². The highest BCUT2D eigenvalue weighted by molar-refractivity contribution is 7.78. The van der Waals surface area contributed by atoms with Crippen molar-refractivity contribution in [3.8, 4) is 0 Å². The highest BCUT2D eigenvalue weighted by Crippen LogP contribution is 2.22. The molecular formula is C8H8N2O2S. The fourth-order valence-electron chi connectivity index (χ4n) is 1.33. The predicted molar refractivity (Wildman–Crippen MR) is 52.0 cm³/mol. The van der Waals surface area contributed by atoms with E-state index in [1.54, 1.807) is 0 Å². The molecule has 0 radical (unpaired) electrons. The van der Waals surface area contributed by atoms with Crippen molar-refractivity contribution in [3.63, 3.8) is 0 Å². The largest absolute Gasteiger partial charge is 0.343 e. The first kappa shape index (κ1) is 8.40. The number of benzene rings is 1. The molecule has 1 atom stereocenters. The lowest BCUT2D eigenvalue weighted by atomic mass is 10.2. The molecule has 0 amide bonds. The molecule has 2 rings (SSSR count). The average Bonchev–Trinajstić information content (AvgIpc) is 2.44. The van der Waals surface area contributed by atoms with Gasteiger partial charge in [-0.2, -0.15) is 0 Å². The Hall–Kier alpha value is -1.20. The van der Waals surface area contributed by atoms with E-state index < -0.39 is 11.3 Å². The van der Waals surface area contributed by atoms with Crippen LogP contribution in [0.25, 0.3) is 0 Å². The summed E-state index contributed by atoms with van der Waals surface area (Å²) in [7, 11) is 0. The molecule has 1 aromatic rings. The van der Waals surface area contributed by atoms with Crippen LogP contribution in [0, 0.1) is 0 Å². The minimum absolute atomic E-state index is 0.544. The fourth-order valence-corrected chi connectivity index (χ4v) is 1.62. The van der Waals surface area contributed by atoms with E-state index in [9.17, 15) is 4.21 Å². The summed E-state index contributed by atoms with van der Waals surface area (Å²) in [6, 6.07) is 7.72. The summed E-state index contributed by atoms with van der Waals surface area (Å²) in [5, 5.41) is 2.96. The maximum absolute atomic E-state index is 10.4. The topological polar surface area (TPSA) is 61.7 Å². The second-order valence-corrected chi connectivity index (χ2v) is 3.37. The third-order valence-corrected chi connectivity index (χ3v) is 2.22. The maximum atomic E-state index is 10.4. The quantitative estimate of drug-likeness (QED) is 0.663. The third-order valence-electron chi connectivity index (χ3n) is 1.84. The number of fused-ring (bicyclic) bond motifs is 1. The maximum Gasteiger partial charge on any atom is 0.283 e. The van der Waals surface area contributed by atoms with Gasteiger partial charge in [0.05, 0.1) is 0 Å². The van der Waals surface area contributed by atoms with E-state index in [-0.39, 0.29) is 0 Å². The predicted octanol–water partition coefficient (Wildman–Crippen LogP) is 1.19. The third kappa shape index (κ3) is 1.76. The van der Waals surface area contributed by atoms with Crippen molar-refractivity contribution in [1.29, 1.82) is 0 Å². The second-order valence-electron chi connectivity index (χ2n) is 2.73. The molecule has 1 aromatic carbocycles. The van der Waals surface area contributed by atoms with Crippen LogP contribution >= 0.6 is 0 Å². The van der Waals surface area contributed by atoms with Crippen LogP contribution in [-0.4, -0.2) is 14.6 Å². The van der Waals surface area contributed by atoms with E-state index in [0.717, 1.165) is 11.3 Å². The smallest absolute Gasteiger partial charge is 0.283 e. The minimum atomic E-state index is -2.12. The van der Waals surface area contributed by atoms with Crippen LogP contribution in [0.1, 0.15) is 5.56 Å². The first-order chi connectivity index (χ1) is 6.25. The summed E-state index contributed by atoms with van der Waals surface area (Å²) in [6.07, 6.45) is 0.600. The summed E-state index contributed by atoms with van der Waals surface area (Å²) < 4.78 is 22.5. The molecule has 0 saturated carbocycles. The Morgan fingerprint density at radius 3 is 2.92 bits per heavy atom. The molecule has 1 unspecified atom stereocenters. The zero-order chi connectivity index (χ0) is 9.26. The van der Waals surface area contributed by atoms with Gasteiger partial charge in [-0.1, -0.05) is 18.2 Å². The molecule has 0 aliphatic carbocycles. The molecule has 1 aliphatic rings. The number of nitrogens with one attached hydrogen (secondary N) is 1. The lowest BCUT2D eigenvalue weighted by molar-refractivity contribution is 0.566. The lowest BCUT2D eigenvalue weighted by Crippen LogP contribution is -2.07. The van der Waals surface area contributed by atoms with Crippen LogP contribution in [0.2, 0.25) is 0 Å². The minimum Gasteiger partial charge on any atom is -0.343 e. The number of nitrogens with zero attached hydrogens (tertiary/aromatic N) is 1. The van der Waals surface area contributed by atoms with Crippen LogP contribution in [0.5, 0.6) is 0 Å². The molecule has 1 heterocycles. The number of anilines is 1. The van der Waals surface area contributed by atoms with Gasteiger partial charge in [0, 0.05) is 12.1 Å². The van der Waals surface area contributed by atoms with Crippen molar-refractivity contribution in [2.24, 2.45) is 4.40 Å². The van der Waals surface area contributed by atoms with Crippen molar-refractivity contribution in [3.05, 3.63) is 29.8 Å². The number of rotatable bonds is 1. The Labute approximate surface area is 78.1 Å².